The molecule has 3 heterocycles. The van der Waals surface area contributed by atoms with E-state index >= 15 is 0 Å². The maximum Gasteiger partial charge on any atom is 0.361 e. The van der Waals surface area contributed by atoms with Crippen LogP contribution in [0.1, 0.15) is 6.92 Å². The van der Waals surface area contributed by atoms with Crippen LogP contribution in [0.4, 0.5) is 0 Å². The number of carbonyl (C=O) groups is 1. The predicted molar refractivity (Wildman–Crippen MR) is 174 cm³/mol. The number of nitrogens with two attached hydrogens (primary N) is 1. The van der Waals surface area contributed by atoms with Gasteiger partial charge in [-0.05, 0) is 54.3 Å². The van der Waals surface area contributed by atoms with Gasteiger partial charge in [0.2, 0.25) is 0 Å². The van der Waals surface area contributed by atoms with Crippen molar-refractivity contribution in [1.82, 2.24) is 4.40 Å². The lowest BCUT2D eigenvalue weighted by Gasteiger charge is -2.13. The lowest BCUT2D eigenvalue weighted by molar-refractivity contribution is -0.135. The number of hydrogen-bond acceptors (Lipinski definition) is 10. The average molecular weight is 641 g/mol. The first kappa shape index (κ1) is 32.1. The third kappa shape index (κ3) is 4.96. The topological polar surface area (TPSA) is 155 Å². The Morgan fingerprint density at radius 3 is 2.14 bits per heavy atom. The molecule has 3 aromatic carbocycles. The summed E-state index contributed by atoms with van der Waals surface area (Å²) in [6.45, 7) is 1.52. The number of hydrogen-bond donors (Lipinski definition) is 3. The number of fused-ring (bicyclic) bond motifs is 7. The molecule has 0 aliphatic heterocycles. The summed E-state index contributed by atoms with van der Waals surface area (Å²) in [5.74, 6) is -0.00773. The van der Waals surface area contributed by atoms with E-state index in [1.54, 1.807) is 53.1 Å². The van der Waals surface area contributed by atoms with E-state index in [-0.39, 0.29) is 71.5 Å². The number of nitrogens with zero attached hydrogens (tertiary/aromatic N) is 1. The number of carbonyl (C=O) groups excluding carboxylic acids is 1. The zero-order valence-electron chi connectivity index (χ0n) is 24.0. The average Bonchev–Trinajstić information content (AvgIpc) is 3.33. The van der Waals surface area contributed by atoms with Crippen molar-refractivity contribution in [2.45, 2.75) is 13.0 Å². The Labute approximate surface area is 263 Å². The summed E-state index contributed by atoms with van der Waals surface area (Å²) < 4.78 is 29.2. The van der Waals surface area contributed by atoms with Gasteiger partial charge in [-0.1, -0.05) is 6.07 Å². The summed E-state index contributed by atoms with van der Waals surface area (Å²) in [5, 5.41) is 23.3. The molecule has 0 fully saturated rings. The summed E-state index contributed by atoms with van der Waals surface area (Å²) in [5.41, 5.74) is 7.26. The monoisotopic (exact) mass is 640 g/mol. The second kappa shape index (κ2) is 12.1. The van der Waals surface area contributed by atoms with Crippen LogP contribution in [0.2, 0.25) is 0 Å². The van der Waals surface area contributed by atoms with Crippen LogP contribution in [0, 0.1) is 0 Å². The van der Waals surface area contributed by atoms with Gasteiger partial charge >= 0.3 is 11.6 Å². The Hall–Kier alpha value is -4.78. The highest BCUT2D eigenvalue weighted by Crippen LogP contribution is 2.46. The third-order valence-corrected chi connectivity index (χ3v) is 7.20. The van der Waals surface area contributed by atoms with Gasteiger partial charge in [-0.2, -0.15) is 13.5 Å². The molecule has 0 aliphatic rings. The summed E-state index contributed by atoms with van der Waals surface area (Å²) in [6.07, 6.45) is 1.71. The van der Waals surface area contributed by atoms with Gasteiger partial charge in [0.05, 0.1) is 26.8 Å². The maximum atomic E-state index is 13.5. The standard InChI is InChI=1S/C31H26N2O9.ClH.H2S/c1-14(32)30(36)41-21-6-5-16(10-25(21)40-4)26-27-18-12-24(39-3)20(35)13-22(18)42-31(37)29(27)33-8-7-15-9-19(34)23(38-2)11-17(15)28(26)33;;/h5-14,34-35H,32H2,1-4H3;1H;1H2/t14-;;/m0../s1. The molecule has 0 aliphatic carbocycles. The van der Waals surface area contributed by atoms with Crippen molar-refractivity contribution in [2.75, 3.05) is 21.3 Å². The Balaban J connectivity index is 0.00000221. The van der Waals surface area contributed by atoms with Crippen LogP contribution in [0.15, 0.2) is 63.9 Å². The molecule has 11 nitrogen and oxygen atoms in total. The molecule has 6 rings (SSSR count). The number of rotatable bonds is 6. The lowest BCUT2D eigenvalue weighted by atomic mass is 9.98. The SMILES string of the molecule is COc1cc2c(cc1O)oc(=O)c1c2c(-c2ccc(OC(=O)[C@H](C)N)c(OC)c2)c2c3cc(OC)c(O)cc3ccn21.Cl.S. The van der Waals surface area contributed by atoms with E-state index in [2.05, 4.69) is 0 Å². The van der Waals surface area contributed by atoms with E-state index in [4.69, 9.17) is 29.1 Å². The van der Waals surface area contributed by atoms with Gasteiger partial charge in [0.1, 0.15) is 17.1 Å². The van der Waals surface area contributed by atoms with Gasteiger partial charge in [-0.3, -0.25) is 0 Å². The number of aromatic nitrogens is 1. The quantitative estimate of drug-likeness (QED) is 0.125. The minimum atomic E-state index is -0.844. The molecule has 0 bridgehead atoms. The number of pyridine rings is 1. The molecule has 0 spiro atoms. The summed E-state index contributed by atoms with van der Waals surface area (Å²) in [7, 11) is 4.32. The molecule has 44 heavy (non-hydrogen) atoms. The normalized spacial score (nSPS) is 11.7. The molecule has 6 aromatic rings. The molecule has 13 heteroatoms. The number of halogens is 1. The molecule has 0 saturated heterocycles. The maximum absolute atomic E-state index is 13.5. The fourth-order valence-electron chi connectivity index (χ4n) is 5.24. The van der Waals surface area contributed by atoms with E-state index in [0.717, 1.165) is 0 Å². The van der Waals surface area contributed by atoms with E-state index in [0.29, 0.717) is 38.2 Å². The lowest BCUT2D eigenvalue weighted by Crippen LogP contribution is -2.30. The smallest absolute Gasteiger partial charge is 0.361 e. The van der Waals surface area contributed by atoms with Gasteiger partial charge in [-0.25, -0.2) is 9.59 Å². The minimum Gasteiger partial charge on any atom is -0.504 e. The second-order valence-corrected chi connectivity index (χ2v) is 9.73. The first-order chi connectivity index (χ1) is 20.2. The molecule has 4 N–H and O–H groups in total. The zero-order chi connectivity index (χ0) is 29.9. The van der Waals surface area contributed by atoms with E-state index < -0.39 is 17.6 Å². The zero-order valence-corrected chi connectivity index (χ0v) is 25.8. The molecule has 0 amide bonds. The molecule has 3 aromatic heterocycles. The summed E-state index contributed by atoms with van der Waals surface area (Å²) in [4.78, 5) is 25.8. The molecule has 0 saturated carbocycles. The second-order valence-electron chi connectivity index (χ2n) is 9.73. The molecule has 0 radical (unpaired) electrons. The highest BCUT2D eigenvalue weighted by molar-refractivity contribution is 7.59. The fourth-order valence-corrected chi connectivity index (χ4v) is 5.24. The van der Waals surface area contributed by atoms with Crippen molar-refractivity contribution in [3.63, 3.8) is 0 Å². The number of ether oxygens (including phenoxy) is 4. The molecule has 0 unspecified atom stereocenters. The summed E-state index contributed by atoms with van der Waals surface area (Å²) >= 11 is 0. The Morgan fingerprint density at radius 2 is 1.50 bits per heavy atom. The number of benzene rings is 3. The van der Waals surface area contributed by atoms with Crippen molar-refractivity contribution in [2.24, 2.45) is 5.73 Å². The number of esters is 1. The van der Waals surface area contributed by atoms with E-state index in [9.17, 15) is 19.8 Å². The van der Waals surface area contributed by atoms with Crippen molar-refractivity contribution in [1.29, 1.82) is 0 Å². The number of phenols is 2. The number of phenolic OH excluding ortho intramolecular Hbond substituents is 2. The van der Waals surface area contributed by atoms with Gasteiger partial charge in [-0.15, -0.1) is 12.4 Å². The van der Waals surface area contributed by atoms with Crippen LogP contribution >= 0.6 is 25.9 Å². The largest absolute Gasteiger partial charge is 0.504 e. The van der Waals surface area contributed by atoms with Crippen molar-refractivity contribution >= 4 is 70.0 Å². The molecule has 230 valence electrons. The van der Waals surface area contributed by atoms with Gasteiger partial charge in [0.25, 0.3) is 0 Å². The van der Waals surface area contributed by atoms with Crippen molar-refractivity contribution < 1.29 is 38.4 Å². The highest BCUT2D eigenvalue weighted by Gasteiger charge is 2.25. The highest BCUT2D eigenvalue weighted by atomic mass is 35.5. The van der Waals surface area contributed by atoms with Crippen LogP contribution in [0.5, 0.6) is 34.5 Å². The molecular formula is C31H29ClN2O9S. The van der Waals surface area contributed by atoms with Crippen LogP contribution in [-0.2, 0) is 4.79 Å². The molecule has 1 atom stereocenters. The Morgan fingerprint density at radius 1 is 0.864 bits per heavy atom. The molecular weight excluding hydrogens is 612 g/mol. The summed E-state index contributed by atoms with van der Waals surface area (Å²) in [6, 6.07) is 12.1. The fraction of sp³-hybridized carbons (Fsp3) is 0.161. The van der Waals surface area contributed by atoms with Gasteiger partial charge in [0, 0.05) is 34.0 Å². The first-order valence-corrected chi connectivity index (χ1v) is 12.8. The van der Waals surface area contributed by atoms with Crippen molar-refractivity contribution in [3.8, 4) is 45.6 Å². The van der Waals surface area contributed by atoms with Crippen LogP contribution in [0.25, 0.3) is 49.3 Å². The third-order valence-electron chi connectivity index (χ3n) is 7.20. The Kier molecular flexibility index (Phi) is 8.82. The number of aromatic hydroxyl groups is 2. The minimum absolute atomic E-state index is 0. The van der Waals surface area contributed by atoms with Crippen molar-refractivity contribution in [3.05, 3.63) is 65.1 Å². The van der Waals surface area contributed by atoms with Gasteiger partial charge < -0.3 is 43.7 Å². The first-order valence-electron chi connectivity index (χ1n) is 12.8. The van der Waals surface area contributed by atoms with Crippen LogP contribution < -0.4 is 30.3 Å². The van der Waals surface area contributed by atoms with Crippen LogP contribution in [0.3, 0.4) is 0 Å². The number of methoxy groups -OCH3 is 3. The Bertz CT molecular complexity index is 2140. The predicted octanol–water partition coefficient (Wildman–Crippen LogP) is 5.24. The van der Waals surface area contributed by atoms with Gasteiger partial charge in [0.15, 0.2) is 34.5 Å². The van der Waals surface area contributed by atoms with E-state index in [1.165, 1.54) is 34.3 Å². The van der Waals surface area contributed by atoms with E-state index in [1.807, 2.05) is 0 Å². The van der Waals surface area contributed by atoms with Crippen LogP contribution in [-0.4, -0.2) is 48.0 Å².